The number of benzene rings is 3. The van der Waals surface area contributed by atoms with Crippen LogP contribution in [-0.4, -0.2) is 25.0 Å². The minimum absolute atomic E-state index is 0.0149. The van der Waals surface area contributed by atoms with E-state index < -0.39 is 0 Å². The second-order valence-corrected chi connectivity index (χ2v) is 9.47. The molecular weight excluding hydrogens is 522 g/mol. The average Bonchev–Trinajstić information content (AvgIpc) is 2.84. The molecule has 3 aromatic carbocycles. The summed E-state index contributed by atoms with van der Waals surface area (Å²) >= 11 is 3.56. The monoisotopic (exact) mass is 553 g/mol. The van der Waals surface area contributed by atoms with Gasteiger partial charge in [-0.15, -0.1) is 0 Å². The van der Waals surface area contributed by atoms with E-state index in [1.807, 2.05) is 88.4 Å². The Morgan fingerprint density at radius 3 is 2.14 bits per heavy atom. The number of hydrogen-bond acceptors (Lipinski definition) is 5. The standard InChI is InChI=1S/C28H32BrN3O4/c1-5-35-25-15-20(16-30-21-10-12-23(13-11-21)32-28(34)18(2)3)14-24(29)27(25)36-17-26(33)31-22-8-6-19(4)7-9-22/h6-15,18,30H,5,16-17H2,1-4H3,(H,31,33)(H,32,34). The maximum Gasteiger partial charge on any atom is 0.262 e. The summed E-state index contributed by atoms with van der Waals surface area (Å²) in [4.78, 5) is 24.2. The average molecular weight is 554 g/mol. The predicted octanol–water partition coefficient (Wildman–Crippen LogP) is 6.38. The fraction of sp³-hybridized carbons (Fsp3) is 0.286. The van der Waals surface area contributed by atoms with E-state index in [1.165, 1.54) is 0 Å². The first-order valence-electron chi connectivity index (χ1n) is 11.8. The van der Waals surface area contributed by atoms with E-state index in [-0.39, 0.29) is 24.3 Å². The summed E-state index contributed by atoms with van der Waals surface area (Å²) in [6.07, 6.45) is 0. The van der Waals surface area contributed by atoms with E-state index in [0.29, 0.717) is 29.1 Å². The number of hydrogen-bond donors (Lipinski definition) is 3. The lowest BCUT2D eigenvalue weighted by Crippen LogP contribution is -2.20. The number of carbonyl (C=O) groups excluding carboxylic acids is 2. The lowest BCUT2D eigenvalue weighted by Gasteiger charge is -2.16. The SMILES string of the molecule is CCOc1cc(CNc2ccc(NC(=O)C(C)C)cc2)cc(Br)c1OCC(=O)Nc1ccc(C)cc1. The van der Waals surface area contributed by atoms with Crippen molar-refractivity contribution >= 4 is 44.8 Å². The van der Waals surface area contributed by atoms with Gasteiger partial charge in [-0.3, -0.25) is 9.59 Å². The minimum atomic E-state index is -0.257. The molecule has 0 fully saturated rings. The molecule has 36 heavy (non-hydrogen) atoms. The summed E-state index contributed by atoms with van der Waals surface area (Å²) < 4.78 is 12.3. The van der Waals surface area contributed by atoms with Crippen LogP contribution >= 0.6 is 15.9 Å². The fourth-order valence-electron chi connectivity index (χ4n) is 3.26. The first-order chi connectivity index (χ1) is 17.2. The number of halogens is 1. The minimum Gasteiger partial charge on any atom is -0.490 e. The molecule has 0 saturated heterocycles. The highest BCUT2D eigenvalue weighted by Crippen LogP contribution is 2.37. The molecule has 0 spiro atoms. The van der Waals surface area contributed by atoms with Crippen molar-refractivity contribution in [3.05, 3.63) is 76.3 Å². The first kappa shape index (κ1) is 27.1. The summed E-state index contributed by atoms with van der Waals surface area (Å²) in [6.45, 7) is 8.46. The maximum atomic E-state index is 12.4. The van der Waals surface area contributed by atoms with Crippen LogP contribution in [0.1, 0.15) is 31.9 Å². The third-order valence-corrected chi connectivity index (χ3v) is 5.81. The van der Waals surface area contributed by atoms with E-state index in [1.54, 1.807) is 0 Å². The molecule has 0 aromatic heterocycles. The van der Waals surface area contributed by atoms with Gasteiger partial charge in [-0.2, -0.15) is 0 Å². The van der Waals surface area contributed by atoms with Crippen molar-refractivity contribution < 1.29 is 19.1 Å². The molecule has 0 unspecified atom stereocenters. The van der Waals surface area contributed by atoms with Gasteiger partial charge in [-0.25, -0.2) is 0 Å². The molecule has 0 heterocycles. The zero-order valence-electron chi connectivity index (χ0n) is 21.0. The Balaban J connectivity index is 1.61. The van der Waals surface area contributed by atoms with Gasteiger partial charge in [0, 0.05) is 29.5 Å². The van der Waals surface area contributed by atoms with Crippen molar-refractivity contribution in [3.63, 3.8) is 0 Å². The topological polar surface area (TPSA) is 88.7 Å². The Morgan fingerprint density at radius 2 is 1.50 bits per heavy atom. The molecule has 0 aliphatic rings. The van der Waals surface area contributed by atoms with Crippen LogP contribution in [0.25, 0.3) is 0 Å². The van der Waals surface area contributed by atoms with Crippen LogP contribution in [0, 0.1) is 12.8 Å². The molecule has 0 saturated carbocycles. The van der Waals surface area contributed by atoms with Crippen molar-refractivity contribution in [1.29, 1.82) is 0 Å². The largest absolute Gasteiger partial charge is 0.490 e. The second-order valence-electron chi connectivity index (χ2n) is 8.62. The molecule has 3 N–H and O–H groups in total. The number of rotatable bonds is 11. The van der Waals surface area contributed by atoms with E-state index in [2.05, 4.69) is 31.9 Å². The summed E-state index contributed by atoms with van der Waals surface area (Å²) in [6, 6.07) is 19.0. The summed E-state index contributed by atoms with van der Waals surface area (Å²) in [5.41, 5.74) is 4.48. The van der Waals surface area contributed by atoms with Gasteiger partial charge in [0.2, 0.25) is 5.91 Å². The highest BCUT2D eigenvalue weighted by molar-refractivity contribution is 9.10. The van der Waals surface area contributed by atoms with Crippen LogP contribution in [0.15, 0.2) is 65.1 Å². The van der Waals surface area contributed by atoms with Gasteiger partial charge in [0.05, 0.1) is 11.1 Å². The number of anilines is 3. The fourth-order valence-corrected chi connectivity index (χ4v) is 3.86. The van der Waals surface area contributed by atoms with Crippen LogP contribution in [-0.2, 0) is 16.1 Å². The van der Waals surface area contributed by atoms with E-state index in [0.717, 1.165) is 28.2 Å². The maximum absolute atomic E-state index is 12.4. The second kappa shape index (κ2) is 13.0. The number of carbonyl (C=O) groups is 2. The Labute approximate surface area is 220 Å². The Kier molecular flexibility index (Phi) is 9.76. The summed E-state index contributed by atoms with van der Waals surface area (Å²) in [5.74, 6) is 0.685. The number of aryl methyl sites for hydroxylation is 1. The molecule has 7 nitrogen and oxygen atoms in total. The van der Waals surface area contributed by atoms with E-state index in [4.69, 9.17) is 9.47 Å². The first-order valence-corrected chi connectivity index (χ1v) is 12.6. The normalized spacial score (nSPS) is 10.6. The molecule has 3 aromatic rings. The van der Waals surface area contributed by atoms with Gasteiger partial charge in [-0.1, -0.05) is 31.5 Å². The van der Waals surface area contributed by atoms with Gasteiger partial charge >= 0.3 is 0 Å². The molecule has 190 valence electrons. The lowest BCUT2D eigenvalue weighted by atomic mass is 10.2. The van der Waals surface area contributed by atoms with Crippen molar-refractivity contribution in [2.45, 2.75) is 34.2 Å². The Bertz CT molecular complexity index is 1180. The number of nitrogens with one attached hydrogen (secondary N) is 3. The van der Waals surface area contributed by atoms with Crippen molar-refractivity contribution in [2.24, 2.45) is 5.92 Å². The van der Waals surface area contributed by atoms with E-state index in [9.17, 15) is 9.59 Å². The van der Waals surface area contributed by atoms with Crippen molar-refractivity contribution in [1.82, 2.24) is 0 Å². The molecule has 0 bridgehead atoms. The molecule has 0 aliphatic carbocycles. The molecular formula is C28H32BrN3O4. The lowest BCUT2D eigenvalue weighted by molar-refractivity contribution is -0.119. The molecule has 3 rings (SSSR count). The van der Waals surface area contributed by atoms with Gasteiger partial charge in [0.1, 0.15) is 0 Å². The van der Waals surface area contributed by atoms with Crippen LogP contribution in [0.2, 0.25) is 0 Å². The summed E-state index contributed by atoms with van der Waals surface area (Å²) in [7, 11) is 0. The van der Waals surface area contributed by atoms with Gasteiger partial charge in [0.15, 0.2) is 18.1 Å². The molecule has 8 heteroatoms. The highest BCUT2D eigenvalue weighted by Gasteiger charge is 2.15. The number of amides is 2. The third-order valence-electron chi connectivity index (χ3n) is 5.23. The zero-order chi connectivity index (χ0) is 26.1. The number of ether oxygens (including phenoxy) is 2. The summed E-state index contributed by atoms with van der Waals surface area (Å²) in [5, 5.41) is 9.08. The van der Waals surface area contributed by atoms with Crippen LogP contribution in [0.3, 0.4) is 0 Å². The molecule has 0 atom stereocenters. The Morgan fingerprint density at radius 1 is 0.889 bits per heavy atom. The third kappa shape index (κ3) is 8.02. The van der Waals surface area contributed by atoms with Gasteiger partial charge in [-0.05, 0) is 83.9 Å². The van der Waals surface area contributed by atoms with Gasteiger partial charge < -0.3 is 25.4 Å². The van der Waals surface area contributed by atoms with Crippen LogP contribution < -0.4 is 25.4 Å². The molecule has 0 radical (unpaired) electrons. The zero-order valence-corrected chi connectivity index (χ0v) is 22.6. The van der Waals surface area contributed by atoms with Crippen LogP contribution in [0.5, 0.6) is 11.5 Å². The van der Waals surface area contributed by atoms with Crippen molar-refractivity contribution in [3.8, 4) is 11.5 Å². The highest BCUT2D eigenvalue weighted by atomic mass is 79.9. The van der Waals surface area contributed by atoms with Crippen molar-refractivity contribution in [2.75, 3.05) is 29.2 Å². The van der Waals surface area contributed by atoms with Crippen LogP contribution in [0.4, 0.5) is 17.1 Å². The predicted molar refractivity (Wildman–Crippen MR) is 148 cm³/mol. The smallest absolute Gasteiger partial charge is 0.262 e. The van der Waals surface area contributed by atoms with E-state index >= 15 is 0 Å². The quantitative estimate of drug-likeness (QED) is 0.256. The van der Waals surface area contributed by atoms with Gasteiger partial charge in [0.25, 0.3) is 5.91 Å². The molecule has 0 aliphatic heterocycles. The molecule has 2 amide bonds. The Hall–Kier alpha value is -3.52.